The first-order valence-electron chi connectivity index (χ1n) is 6.08. The topological polar surface area (TPSA) is 51.8 Å². The summed E-state index contributed by atoms with van der Waals surface area (Å²) in [5.74, 6) is 0.610. The van der Waals surface area contributed by atoms with Gasteiger partial charge in [0.2, 0.25) is 0 Å². The Morgan fingerprint density at radius 3 is 2.67 bits per heavy atom. The number of halogens is 2. The van der Waals surface area contributed by atoms with Crippen molar-refractivity contribution in [2.75, 3.05) is 0 Å². The molecule has 1 aliphatic heterocycles. The van der Waals surface area contributed by atoms with Crippen molar-refractivity contribution >= 4 is 41.0 Å². The van der Waals surface area contributed by atoms with E-state index in [0.29, 0.717) is 32.9 Å². The molecule has 4 nitrogen and oxygen atoms in total. The number of carbonyl (C=O) groups excluding carboxylic acids is 1. The maximum Gasteiger partial charge on any atom is 0.367 e. The SMILES string of the molecule is CC1=NOC(=O)C1=Cc1ccc(-c2ccc(Cl)cc2Cl)o1. The summed E-state index contributed by atoms with van der Waals surface area (Å²) in [6.45, 7) is 1.69. The van der Waals surface area contributed by atoms with Crippen molar-refractivity contribution in [2.24, 2.45) is 5.16 Å². The summed E-state index contributed by atoms with van der Waals surface area (Å²) < 4.78 is 5.68. The van der Waals surface area contributed by atoms with Crippen molar-refractivity contribution in [2.45, 2.75) is 6.92 Å². The smallest absolute Gasteiger partial charge is 0.367 e. The van der Waals surface area contributed by atoms with Crippen LogP contribution in [0.5, 0.6) is 0 Å². The monoisotopic (exact) mass is 321 g/mol. The van der Waals surface area contributed by atoms with Gasteiger partial charge in [0, 0.05) is 10.6 Å². The maximum atomic E-state index is 11.5. The summed E-state index contributed by atoms with van der Waals surface area (Å²) in [6, 6.07) is 8.66. The van der Waals surface area contributed by atoms with Crippen LogP contribution in [0.25, 0.3) is 17.4 Å². The van der Waals surface area contributed by atoms with Crippen LogP contribution in [-0.4, -0.2) is 11.7 Å². The fraction of sp³-hybridized carbons (Fsp3) is 0.0667. The zero-order valence-corrected chi connectivity index (χ0v) is 12.4. The zero-order valence-electron chi connectivity index (χ0n) is 10.9. The maximum absolute atomic E-state index is 11.5. The summed E-state index contributed by atoms with van der Waals surface area (Å²) in [7, 11) is 0. The van der Waals surface area contributed by atoms with Gasteiger partial charge in [-0.2, -0.15) is 0 Å². The van der Waals surface area contributed by atoms with Gasteiger partial charge in [-0.25, -0.2) is 4.79 Å². The Morgan fingerprint density at radius 2 is 2.00 bits per heavy atom. The highest BCUT2D eigenvalue weighted by molar-refractivity contribution is 6.36. The minimum atomic E-state index is -0.491. The molecule has 0 radical (unpaired) electrons. The predicted molar refractivity (Wildman–Crippen MR) is 81.3 cm³/mol. The van der Waals surface area contributed by atoms with Gasteiger partial charge in [0.25, 0.3) is 0 Å². The minimum absolute atomic E-state index is 0.373. The number of furan rings is 1. The minimum Gasteiger partial charge on any atom is -0.457 e. The van der Waals surface area contributed by atoms with Crippen molar-refractivity contribution in [3.8, 4) is 11.3 Å². The van der Waals surface area contributed by atoms with Crippen LogP contribution < -0.4 is 0 Å². The molecular formula is C15H9Cl2NO3. The second kappa shape index (κ2) is 5.39. The van der Waals surface area contributed by atoms with E-state index in [0.717, 1.165) is 5.56 Å². The van der Waals surface area contributed by atoms with Gasteiger partial charge in [-0.15, -0.1) is 0 Å². The van der Waals surface area contributed by atoms with Gasteiger partial charge < -0.3 is 9.25 Å². The lowest BCUT2D eigenvalue weighted by atomic mass is 10.1. The summed E-state index contributed by atoms with van der Waals surface area (Å²) in [5.41, 5.74) is 1.62. The number of hydrogen-bond donors (Lipinski definition) is 0. The molecule has 0 spiro atoms. The van der Waals surface area contributed by atoms with Gasteiger partial charge in [-0.3, -0.25) is 0 Å². The van der Waals surface area contributed by atoms with Crippen LogP contribution in [0.3, 0.4) is 0 Å². The molecule has 0 fully saturated rings. The summed E-state index contributed by atoms with van der Waals surface area (Å²) in [5, 5.41) is 4.65. The molecular weight excluding hydrogens is 313 g/mol. The highest BCUT2D eigenvalue weighted by atomic mass is 35.5. The molecule has 1 aliphatic rings. The Kier molecular flexibility index (Phi) is 3.57. The molecule has 6 heteroatoms. The molecule has 0 bridgehead atoms. The van der Waals surface area contributed by atoms with E-state index in [2.05, 4.69) is 9.99 Å². The van der Waals surface area contributed by atoms with Crippen molar-refractivity contribution in [3.63, 3.8) is 0 Å². The molecule has 1 aromatic carbocycles. The molecule has 0 amide bonds. The molecule has 0 unspecified atom stereocenters. The first-order valence-corrected chi connectivity index (χ1v) is 6.83. The van der Waals surface area contributed by atoms with Crippen molar-refractivity contribution < 1.29 is 14.0 Å². The van der Waals surface area contributed by atoms with E-state index in [9.17, 15) is 4.79 Å². The molecule has 1 aromatic heterocycles. The predicted octanol–water partition coefficient (Wildman–Crippen LogP) is 4.57. The van der Waals surface area contributed by atoms with Gasteiger partial charge in [-0.05, 0) is 43.3 Å². The second-order valence-corrected chi connectivity index (χ2v) is 5.28. The fourth-order valence-electron chi connectivity index (χ4n) is 1.93. The van der Waals surface area contributed by atoms with Crippen LogP contribution >= 0.6 is 23.2 Å². The first-order chi connectivity index (χ1) is 10.0. The Hall–Kier alpha value is -2.04. The van der Waals surface area contributed by atoms with E-state index >= 15 is 0 Å². The Labute approximate surface area is 130 Å². The van der Waals surface area contributed by atoms with Crippen LogP contribution in [0.4, 0.5) is 0 Å². The van der Waals surface area contributed by atoms with Crippen LogP contribution in [-0.2, 0) is 9.63 Å². The van der Waals surface area contributed by atoms with Crippen LogP contribution in [0, 0.1) is 0 Å². The van der Waals surface area contributed by atoms with Gasteiger partial charge in [0.15, 0.2) is 0 Å². The van der Waals surface area contributed by atoms with Crippen molar-refractivity contribution in [1.29, 1.82) is 0 Å². The summed E-state index contributed by atoms with van der Waals surface area (Å²) >= 11 is 12.0. The van der Waals surface area contributed by atoms with Gasteiger partial charge in [0.05, 0.1) is 16.3 Å². The van der Waals surface area contributed by atoms with E-state index in [4.69, 9.17) is 27.6 Å². The standard InChI is InChI=1S/C15H9Cl2NO3/c1-8-12(15(19)21-18-8)7-10-3-5-14(20-10)11-4-2-9(16)6-13(11)17/h2-7H,1H3. The highest BCUT2D eigenvalue weighted by Crippen LogP contribution is 2.32. The third kappa shape index (κ3) is 2.73. The summed E-state index contributed by atoms with van der Waals surface area (Å²) in [6.07, 6.45) is 1.58. The largest absolute Gasteiger partial charge is 0.457 e. The van der Waals surface area contributed by atoms with E-state index < -0.39 is 5.97 Å². The number of rotatable bonds is 2. The Bertz CT molecular complexity index is 790. The van der Waals surface area contributed by atoms with E-state index in [-0.39, 0.29) is 0 Å². The van der Waals surface area contributed by atoms with Gasteiger partial charge in [-0.1, -0.05) is 28.4 Å². The Balaban J connectivity index is 1.96. The van der Waals surface area contributed by atoms with Crippen LogP contribution in [0.15, 0.2) is 45.5 Å². The summed E-state index contributed by atoms with van der Waals surface area (Å²) in [4.78, 5) is 16.1. The fourth-order valence-corrected chi connectivity index (χ4v) is 2.43. The van der Waals surface area contributed by atoms with Gasteiger partial charge >= 0.3 is 5.97 Å². The third-order valence-electron chi connectivity index (χ3n) is 2.99. The van der Waals surface area contributed by atoms with E-state index in [1.54, 1.807) is 43.3 Å². The van der Waals surface area contributed by atoms with E-state index in [1.165, 1.54) is 0 Å². The molecule has 2 aromatic rings. The molecule has 106 valence electrons. The van der Waals surface area contributed by atoms with Gasteiger partial charge in [0.1, 0.15) is 11.5 Å². The molecule has 0 saturated heterocycles. The molecule has 2 heterocycles. The molecule has 21 heavy (non-hydrogen) atoms. The zero-order chi connectivity index (χ0) is 15.0. The number of nitrogens with zero attached hydrogens (tertiary/aromatic N) is 1. The molecule has 0 saturated carbocycles. The average molecular weight is 322 g/mol. The quantitative estimate of drug-likeness (QED) is 0.601. The lowest BCUT2D eigenvalue weighted by Crippen LogP contribution is -2.01. The van der Waals surface area contributed by atoms with Crippen molar-refractivity contribution in [3.05, 3.63) is 51.7 Å². The highest BCUT2D eigenvalue weighted by Gasteiger charge is 2.22. The lowest BCUT2D eigenvalue weighted by molar-refractivity contribution is -0.136. The van der Waals surface area contributed by atoms with Crippen molar-refractivity contribution in [1.82, 2.24) is 0 Å². The van der Waals surface area contributed by atoms with E-state index in [1.807, 2.05) is 0 Å². The Morgan fingerprint density at radius 1 is 1.19 bits per heavy atom. The lowest BCUT2D eigenvalue weighted by Gasteiger charge is -2.00. The van der Waals surface area contributed by atoms with Crippen LogP contribution in [0.1, 0.15) is 12.7 Å². The first kappa shape index (κ1) is 13.9. The second-order valence-electron chi connectivity index (χ2n) is 4.44. The number of benzene rings is 1. The molecule has 0 atom stereocenters. The normalized spacial score (nSPS) is 16.2. The third-order valence-corrected chi connectivity index (χ3v) is 3.53. The molecule has 3 rings (SSSR count). The van der Waals surface area contributed by atoms with Crippen LogP contribution in [0.2, 0.25) is 10.0 Å². The number of carbonyl (C=O) groups is 1. The number of hydrogen-bond acceptors (Lipinski definition) is 4. The average Bonchev–Trinajstić information content (AvgIpc) is 3.01. The molecule has 0 N–H and O–H groups in total. The number of oxime groups is 1. The molecule has 0 aliphatic carbocycles.